The zero-order chi connectivity index (χ0) is 11.4. The van der Waals surface area contributed by atoms with Gasteiger partial charge in [0.25, 0.3) is 0 Å². The van der Waals surface area contributed by atoms with E-state index in [0.717, 1.165) is 13.2 Å². The van der Waals surface area contributed by atoms with Crippen molar-refractivity contribution >= 4 is 0 Å². The van der Waals surface area contributed by atoms with E-state index >= 15 is 0 Å². The lowest BCUT2D eigenvalue weighted by molar-refractivity contribution is 0.196. The van der Waals surface area contributed by atoms with Gasteiger partial charge in [0.2, 0.25) is 0 Å². The van der Waals surface area contributed by atoms with Crippen LogP contribution >= 0.6 is 0 Å². The molecule has 1 aromatic carbocycles. The molecule has 1 atom stereocenters. The van der Waals surface area contributed by atoms with Gasteiger partial charge in [-0.15, -0.1) is 0 Å². The number of benzene rings is 1. The second kappa shape index (κ2) is 5.46. The molecule has 0 heterocycles. The van der Waals surface area contributed by atoms with E-state index in [-0.39, 0.29) is 0 Å². The first kappa shape index (κ1) is 11.6. The van der Waals surface area contributed by atoms with Crippen molar-refractivity contribution in [3.8, 4) is 0 Å². The Balaban J connectivity index is 1.98. The van der Waals surface area contributed by atoms with Gasteiger partial charge in [-0.1, -0.05) is 18.2 Å². The van der Waals surface area contributed by atoms with Crippen LogP contribution in [0.15, 0.2) is 18.2 Å². The number of rotatable bonds is 5. The first-order valence-corrected chi connectivity index (χ1v) is 6.15. The zero-order valence-corrected chi connectivity index (χ0v) is 10.3. The molecule has 2 heteroatoms. The predicted octanol–water partition coefficient (Wildman–Crippen LogP) is 2.47. The monoisotopic (exact) mass is 219 g/mol. The number of ether oxygens (including phenoxy) is 1. The van der Waals surface area contributed by atoms with Gasteiger partial charge in [0.05, 0.1) is 6.61 Å². The zero-order valence-electron chi connectivity index (χ0n) is 10.3. The summed E-state index contributed by atoms with van der Waals surface area (Å²) < 4.78 is 5.04. The van der Waals surface area contributed by atoms with E-state index < -0.39 is 0 Å². The third kappa shape index (κ3) is 2.63. The summed E-state index contributed by atoms with van der Waals surface area (Å²) in [6, 6.07) is 7.34. The van der Waals surface area contributed by atoms with Crippen LogP contribution in [0, 0.1) is 0 Å². The molecule has 88 valence electrons. The maximum atomic E-state index is 5.04. The van der Waals surface area contributed by atoms with Crippen LogP contribution in [0.1, 0.15) is 36.1 Å². The van der Waals surface area contributed by atoms with Crippen LogP contribution in [0.4, 0.5) is 0 Å². The van der Waals surface area contributed by atoms with Gasteiger partial charge >= 0.3 is 0 Å². The Morgan fingerprint density at radius 1 is 1.31 bits per heavy atom. The molecule has 1 aliphatic carbocycles. The largest absolute Gasteiger partial charge is 0.383 e. The summed E-state index contributed by atoms with van der Waals surface area (Å²) in [5.74, 6) is 0. The number of hydrogen-bond donors (Lipinski definition) is 1. The molecule has 0 saturated carbocycles. The van der Waals surface area contributed by atoms with E-state index in [2.05, 4.69) is 30.4 Å². The summed E-state index contributed by atoms with van der Waals surface area (Å²) in [4.78, 5) is 0. The molecule has 0 saturated heterocycles. The van der Waals surface area contributed by atoms with Crippen LogP contribution in [0.3, 0.4) is 0 Å². The highest BCUT2D eigenvalue weighted by atomic mass is 16.5. The van der Waals surface area contributed by atoms with Crippen molar-refractivity contribution in [1.29, 1.82) is 0 Å². The van der Waals surface area contributed by atoms with Crippen molar-refractivity contribution in [2.24, 2.45) is 0 Å². The number of aryl methyl sites for hydroxylation is 2. The van der Waals surface area contributed by atoms with Crippen LogP contribution in [-0.2, 0) is 17.6 Å². The third-order valence-electron chi connectivity index (χ3n) is 3.38. The third-order valence-corrected chi connectivity index (χ3v) is 3.38. The minimum atomic E-state index is 0.418. The second-order valence-electron chi connectivity index (χ2n) is 4.55. The highest BCUT2D eigenvalue weighted by Gasteiger charge is 2.12. The van der Waals surface area contributed by atoms with Gasteiger partial charge in [0.15, 0.2) is 0 Å². The normalized spacial score (nSPS) is 16.1. The number of fused-ring (bicyclic) bond motifs is 1. The van der Waals surface area contributed by atoms with Crippen molar-refractivity contribution in [3.05, 3.63) is 34.9 Å². The maximum Gasteiger partial charge on any atom is 0.0587 e. The van der Waals surface area contributed by atoms with E-state index in [1.165, 1.54) is 24.8 Å². The standard InChI is InChI=1S/C14H21NO/c1-11(15-8-9-16-2)13-7-6-12-4-3-5-14(12)10-13/h6-7,10-11,15H,3-5,8-9H2,1-2H3. The Bertz CT molecular complexity index is 349. The van der Waals surface area contributed by atoms with E-state index in [9.17, 15) is 0 Å². The Morgan fingerprint density at radius 3 is 2.94 bits per heavy atom. The number of methoxy groups -OCH3 is 1. The summed E-state index contributed by atoms with van der Waals surface area (Å²) in [7, 11) is 1.74. The summed E-state index contributed by atoms with van der Waals surface area (Å²) in [6.45, 7) is 3.90. The lowest BCUT2D eigenvalue weighted by Gasteiger charge is -2.15. The molecule has 0 bridgehead atoms. The van der Waals surface area contributed by atoms with Gasteiger partial charge in [-0.3, -0.25) is 0 Å². The SMILES string of the molecule is COCCNC(C)c1ccc2c(c1)CCC2. The molecule has 0 aromatic heterocycles. The fourth-order valence-corrected chi connectivity index (χ4v) is 2.36. The predicted molar refractivity (Wildman–Crippen MR) is 66.8 cm³/mol. The summed E-state index contributed by atoms with van der Waals surface area (Å²) in [5, 5.41) is 3.47. The first-order chi connectivity index (χ1) is 7.81. The molecule has 1 unspecified atom stereocenters. The Labute approximate surface area is 98.0 Å². The van der Waals surface area contributed by atoms with E-state index in [1.807, 2.05) is 0 Å². The summed E-state index contributed by atoms with van der Waals surface area (Å²) in [5.41, 5.74) is 4.50. The van der Waals surface area contributed by atoms with Crippen molar-refractivity contribution in [1.82, 2.24) is 5.32 Å². The van der Waals surface area contributed by atoms with E-state index in [4.69, 9.17) is 4.74 Å². The molecule has 1 aromatic rings. The van der Waals surface area contributed by atoms with Gasteiger partial charge in [-0.2, -0.15) is 0 Å². The van der Waals surface area contributed by atoms with E-state index in [1.54, 1.807) is 18.2 Å². The first-order valence-electron chi connectivity index (χ1n) is 6.15. The van der Waals surface area contributed by atoms with Crippen LogP contribution in [0.2, 0.25) is 0 Å². The van der Waals surface area contributed by atoms with Crippen molar-refractivity contribution in [3.63, 3.8) is 0 Å². The van der Waals surface area contributed by atoms with Crippen LogP contribution in [0.5, 0.6) is 0 Å². The Morgan fingerprint density at radius 2 is 2.12 bits per heavy atom. The van der Waals surface area contributed by atoms with Crippen molar-refractivity contribution in [2.45, 2.75) is 32.2 Å². The van der Waals surface area contributed by atoms with Crippen molar-refractivity contribution in [2.75, 3.05) is 20.3 Å². The highest BCUT2D eigenvalue weighted by Crippen LogP contribution is 2.25. The van der Waals surface area contributed by atoms with Gasteiger partial charge < -0.3 is 10.1 Å². The molecule has 0 amide bonds. The Kier molecular flexibility index (Phi) is 3.97. The minimum absolute atomic E-state index is 0.418. The quantitative estimate of drug-likeness (QED) is 0.768. The molecule has 2 nitrogen and oxygen atoms in total. The van der Waals surface area contributed by atoms with Crippen LogP contribution in [0.25, 0.3) is 0 Å². The number of hydrogen-bond acceptors (Lipinski definition) is 2. The molecule has 1 N–H and O–H groups in total. The van der Waals surface area contributed by atoms with Gasteiger partial charge in [-0.25, -0.2) is 0 Å². The number of nitrogens with one attached hydrogen (secondary N) is 1. The van der Waals surface area contributed by atoms with Gasteiger partial charge in [-0.05, 0) is 42.9 Å². The highest BCUT2D eigenvalue weighted by molar-refractivity contribution is 5.36. The second-order valence-corrected chi connectivity index (χ2v) is 4.55. The van der Waals surface area contributed by atoms with Crippen LogP contribution < -0.4 is 5.32 Å². The molecule has 0 fully saturated rings. The fraction of sp³-hybridized carbons (Fsp3) is 0.571. The molecule has 16 heavy (non-hydrogen) atoms. The molecule has 2 rings (SSSR count). The van der Waals surface area contributed by atoms with Crippen molar-refractivity contribution < 1.29 is 4.74 Å². The molecular formula is C14H21NO. The fourth-order valence-electron chi connectivity index (χ4n) is 2.36. The smallest absolute Gasteiger partial charge is 0.0587 e. The molecule has 1 aliphatic rings. The van der Waals surface area contributed by atoms with Crippen LogP contribution in [-0.4, -0.2) is 20.3 Å². The lowest BCUT2D eigenvalue weighted by atomic mass is 10.0. The Hall–Kier alpha value is -0.860. The molecule has 0 spiro atoms. The minimum Gasteiger partial charge on any atom is -0.383 e. The lowest BCUT2D eigenvalue weighted by Crippen LogP contribution is -2.22. The van der Waals surface area contributed by atoms with E-state index in [0.29, 0.717) is 6.04 Å². The maximum absolute atomic E-state index is 5.04. The topological polar surface area (TPSA) is 21.3 Å². The average molecular weight is 219 g/mol. The van der Waals surface area contributed by atoms with Gasteiger partial charge in [0, 0.05) is 19.7 Å². The molecule has 0 radical (unpaired) electrons. The van der Waals surface area contributed by atoms with Gasteiger partial charge in [0.1, 0.15) is 0 Å². The molecule has 0 aliphatic heterocycles. The average Bonchev–Trinajstić information content (AvgIpc) is 2.76. The summed E-state index contributed by atoms with van der Waals surface area (Å²) in [6.07, 6.45) is 3.85. The summed E-state index contributed by atoms with van der Waals surface area (Å²) >= 11 is 0. The molecular weight excluding hydrogens is 198 g/mol.